The summed E-state index contributed by atoms with van der Waals surface area (Å²) < 4.78 is 44.1. The van der Waals surface area contributed by atoms with E-state index in [1.165, 1.54) is 12.1 Å². The number of halogens is 3. The number of hydrogen-bond donors (Lipinski definition) is 1. The lowest BCUT2D eigenvalue weighted by atomic mass is 10.1. The van der Waals surface area contributed by atoms with Gasteiger partial charge in [-0.25, -0.2) is 0 Å². The first kappa shape index (κ1) is 22.7. The van der Waals surface area contributed by atoms with Crippen molar-refractivity contribution in [1.82, 2.24) is 5.16 Å². The quantitative estimate of drug-likeness (QED) is 0.377. The van der Waals surface area contributed by atoms with Gasteiger partial charge in [-0.2, -0.15) is 13.2 Å². The first-order valence-corrected chi connectivity index (χ1v) is 10.6. The van der Waals surface area contributed by atoms with Gasteiger partial charge in [-0.15, -0.1) is 0 Å². The average molecular weight is 490 g/mol. The molecule has 1 fully saturated rings. The summed E-state index contributed by atoms with van der Waals surface area (Å²) in [5.41, 5.74) is 0.163. The van der Waals surface area contributed by atoms with E-state index >= 15 is 0 Å². The highest BCUT2D eigenvalue weighted by Crippen LogP contribution is 2.38. The Morgan fingerprint density at radius 2 is 1.91 bits per heavy atom. The minimum absolute atomic E-state index is 0.0471. The predicted molar refractivity (Wildman–Crippen MR) is 123 cm³/mol. The molecule has 168 valence electrons. The molecule has 2 heterocycles. The van der Waals surface area contributed by atoms with Gasteiger partial charge >= 0.3 is 6.18 Å². The highest BCUT2D eigenvalue weighted by atomic mass is 32.2. The molecule has 0 atom stereocenters. The summed E-state index contributed by atoms with van der Waals surface area (Å²) in [7, 11) is 0. The van der Waals surface area contributed by atoms with E-state index in [2.05, 4.69) is 10.5 Å². The molecule has 6 nitrogen and oxygen atoms in total. The molecule has 1 aliphatic rings. The molecular formula is C22H14F3N3O3S2. The van der Waals surface area contributed by atoms with Gasteiger partial charge in [0.2, 0.25) is 0 Å². The number of nitrogens with zero attached hydrogens (tertiary/aromatic N) is 2. The minimum Gasteiger partial charge on any atom is -0.360 e. The third-order valence-corrected chi connectivity index (χ3v) is 5.87. The van der Waals surface area contributed by atoms with E-state index in [0.717, 1.165) is 28.8 Å². The number of hydrogen-bond acceptors (Lipinski definition) is 6. The van der Waals surface area contributed by atoms with E-state index in [4.69, 9.17) is 16.7 Å². The largest absolute Gasteiger partial charge is 0.416 e. The Labute approximate surface area is 195 Å². The van der Waals surface area contributed by atoms with E-state index in [-0.39, 0.29) is 20.8 Å². The molecule has 2 aromatic carbocycles. The van der Waals surface area contributed by atoms with E-state index < -0.39 is 17.6 Å². The summed E-state index contributed by atoms with van der Waals surface area (Å²) in [6.45, 7) is 1.70. The molecule has 11 heteroatoms. The molecule has 3 aromatic rings. The lowest BCUT2D eigenvalue weighted by molar-refractivity contribution is -0.137. The van der Waals surface area contributed by atoms with Crippen LogP contribution in [0.5, 0.6) is 0 Å². The van der Waals surface area contributed by atoms with Crippen molar-refractivity contribution in [3.63, 3.8) is 0 Å². The van der Waals surface area contributed by atoms with Crippen molar-refractivity contribution in [2.75, 3.05) is 10.2 Å². The lowest BCUT2D eigenvalue weighted by Crippen LogP contribution is -2.27. The average Bonchev–Trinajstić information content (AvgIpc) is 3.29. The van der Waals surface area contributed by atoms with Gasteiger partial charge in [-0.1, -0.05) is 47.3 Å². The van der Waals surface area contributed by atoms with Crippen LogP contribution in [0, 0.1) is 6.92 Å². The van der Waals surface area contributed by atoms with E-state index in [1.54, 1.807) is 43.3 Å². The topological polar surface area (TPSA) is 75.4 Å². The van der Waals surface area contributed by atoms with Crippen LogP contribution >= 0.6 is 24.0 Å². The fraction of sp³-hybridized carbons (Fsp3) is 0.0909. The van der Waals surface area contributed by atoms with Crippen LogP contribution in [0.15, 0.2) is 64.0 Å². The molecule has 1 aromatic heterocycles. The zero-order chi connectivity index (χ0) is 23.8. The molecule has 0 saturated carbocycles. The van der Waals surface area contributed by atoms with Gasteiger partial charge in [0.15, 0.2) is 10.1 Å². The number of aromatic nitrogens is 1. The molecule has 1 aliphatic heterocycles. The van der Waals surface area contributed by atoms with Gasteiger partial charge in [0.25, 0.3) is 11.8 Å². The smallest absolute Gasteiger partial charge is 0.360 e. The first-order chi connectivity index (χ1) is 15.6. The van der Waals surface area contributed by atoms with Crippen LogP contribution in [0.2, 0.25) is 0 Å². The van der Waals surface area contributed by atoms with Crippen molar-refractivity contribution in [3.05, 3.63) is 82.0 Å². The molecule has 2 amide bonds. The monoisotopic (exact) mass is 489 g/mol. The van der Waals surface area contributed by atoms with E-state index in [1.807, 2.05) is 0 Å². The number of rotatable bonds is 4. The van der Waals surface area contributed by atoms with Gasteiger partial charge in [0.1, 0.15) is 5.76 Å². The van der Waals surface area contributed by atoms with Crippen molar-refractivity contribution in [2.24, 2.45) is 0 Å². The second kappa shape index (κ2) is 8.83. The maximum atomic E-state index is 13.0. The lowest BCUT2D eigenvalue weighted by Gasteiger charge is -2.16. The SMILES string of the molecule is Cc1cc(NC(=O)c2ccc(/C=C3\SC(=S)N(c4cccc(C(F)(F)F)c4)C3=O)cc2)no1. The Morgan fingerprint density at radius 3 is 2.55 bits per heavy atom. The number of anilines is 2. The Bertz CT molecular complexity index is 1280. The number of benzene rings is 2. The van der Waals surface area contributed by atoms with Crippen LogP contribution in [0.25, 0.3) is 6.08 Å². The summed E-state index contributed by atoms with van der Waals surface area (Å²) in [6.07, 6.45) is -2.97. The van der Waals surface area contributed by atoms with Gasteiger partial charge in [0.05, 0.1) is 16.2 Å². The minimum atomic E-state index is -4.53. The molecular weight excluding hydrogens is 475 g/mol. The van der Waals surface area contributed by atoms with Crippen LogP contribution in [0.4, 0.5) is 24.7 Å². The van der Waals surface area contributed by atoms with Gasteiger partial charge in [0, 0.05) is 11.6 Å². The van der Waals surface area contributed by atoms with Crippen LogP contribution in [-0.4, -0.2) is 21.3 Å². The number of thioether (sulfide) groups is 1. The number of carbonyl (C=O) groups is 2. The van der Waals surface area contributed by atoms with Crippen LogP contribution in [-0.2, 0) is 11.0 Å². The number of amides is 2. The fourth-order valence-electron chi connectivity index (χ4n) is 3.01. The third kappa shape index (κ3) is 4.99. The Hall–Kier alpha value is -3.44. The fourth-order valence-corrected chi connectivity index (χ4v) is 4.31. The second-order valence-electron chi connectivity index (χ2n) is 6.96. The van der Waals surface area contributed by atoms with Crippen molar-refractivity contribution in [2.45, 2.75) is 13.1 Å². The molecule has 0 spiro atoms. The molecule has 0 bridgehead atoms. The molecule has 0 radical (unpaired) electrons. The van der Waals surface area contributed by atoms with Gasteiger partial charge < -0.3 is 9.84 Å². The summed E-state index contributed by atoms with van der Waals surface area (Å²) in [6, 6.07) is 12.4. The number of carbonyl (C=O) groups excluding carboxylic acids is 2. The number of nitrogens with one attached hydrogen (secondary N) is 1. The second-order valence-corrected chi connectivity index (χ2v) is 8.64. The molecule has 1 saturated heterocycles. The number of alkyl halides is 3. The zero-order valence-corrected chi connectivity index (χ0v) is 18.5. The van der Waals surface area contributed by atoms with Crippen molar-refractivity contribution >= 4 is 57.7 Å². The van der Waals surface area contributed by atoms with Crippen molar-refractivity contribution in [1.29, 1.82) is 0 Å². The summed E-state index contributed by atoms with van der Waals surface area (Å²) in [5, 5.41) is 6.30. The molecule has 1 N–H and O–H groups in total. The van der Waals surface area contributed by atoms with Crippen molar-refractivity contribution in [3.8, 4) is 0 Å². The first-order valence-electron chi connectivity index (χ1n) is 9.42. The van der Waals surface area contributed by atoms with Crippen molar-refractivity contribution < 1.29 is 27.3 Å². The van der Waals surface area contributed by atoms with Crippen LogP contribution in [0.3, 0.4) is 0 Å². The molecule has 33 heavy (non-hydrogen) atoms. The van der Waals surface area contributed by atoms with Crippen LogP contribution in [0.1, 0.15) is 27.2 Å². The summed E-state index contributed by atoms with van der Waals surface area (Å²) in [4.78, 5) is 26.5. The maximum absolute atomic E-state index is 13.0. The van der Waals surface area contributed by atoms with E-state index in [9.17, 15) is 22.8 Å². The highest BCUT2D eigenvalue weighted by molar-refractivity contribution is 8.27. The van der Waals surface area contributed by atoms with Gasteiger partial charge in [-0.05, 0) is 48.9 Å². The standard InChI is InChI=1S/C22H14F3N3O3S2/c1-12-9-18(27-31-12)26-19(29)14-7-5-13(6-8-14)10-17-20(30)28(21(32)33-17)16-4-2-3-15(11-16)22(23,24)25/h2-11H,1H3,(H,26,27,29)/b17-10-. The highest BCUT2D eigenvalue weighted by Gasteiger charge is 2.36. The Balaban J connectivity index is 1.51. The summed E-state index contributed by atoms with van der Waals surface area (Å²) in [5.74, 6) is -0.0544. The molecule has 0 aliphatic carbocycles. The normalized spacial score (nSPS) is 15.4. The molecule has 4 rings (SSSR count). The van der Waals surface area contributed by atoms with E-state index in [0.29, 0.717) is 22.7 Å². The third-order valence-electron chi connectivity index (χ3n) is 4.57. The summed E-state index contributed by atoms with van der Waals surface area (Å²) >= 11 is 6.22. The maximum Gasteiger partial charge on any atom is 0.416 e. The van der Waals surface area contributed by atoms with Crippen LogP contribution < -0.4 is 10.2 Å². The number of aryl methyl sites for hydroxylation is 1. The van der Waals surface area contributed by atoms with Gasteiger partial charge in [-0.3, -0.25) is 14.5 Å². The number of thiocarbonyl (C=S) groups is 1. The molecule has 0 unspecified atom stereocenters. The predicted octanol–water partition coefficient (Wildman–Crippen LogP) is 5.66. The zero-order valence-electron chi connectivity index (χ0n) is 16.8. The Kier molecular flexibility index (Phi) is 6.09. The Morgan fingerprint density at radius 1 is 1.18 bits per heavy atom.